The van der Waals surface area contributed by atoms with Crippen molar-refractivity contribution in [2.24, 2.45) is 0 Å². The molecule has 0 aliphatic carbocycles. The summed E-state index contributed by atoms with van der Waals surface area (Å²) in [5.74, 6) is 0. The molecule has 0 heterocycles. The van der Waals surface area contributed by atoms with Crippen LogP contribution >= 0.6 is 0 Å². The van der Waals surface area contributed by atoms with Crippen LogP contribution in [-0.4, -0.2) is 20.0 Å². The van der Waals surface area contributed by atoms with Gasteiger partial charge in [-0.05, 0) is 58.1 Å². The van der Waals surface area contributed by atoms with Gasteiger partial charge in [0.25, 0.3) is 0 Å². The van der Waals surface area contributed by atoms with Crippen molar-refractivity contribution >= 4 is 8.32 Å². The van der Waals surface area contributed by atoms with Crippen LogP contribution in [0.4, 0.5) is 0 Å². The zero-order valence-electron chi connectivity index (χ0n) is 25.1. The first kappa shape index (κ1) is 31.8. The van der Waals surface area contributed by atoms with Crippen LogP contribution in [0.15, 0.2) is 48.5 Å². The predicted molar refractivity (Wildman–Crippen MR) is 164 cm³/mol. The van der Waals surface area contributed by atoms with E-state index in [9.17, 15) is 5.11 Å². The summed E-state index contributed by atoms with van der Waals surface area (Å²) in [6, 6.07) is 17.0. The Balaban J connectivity index is 1.82. The van der Waals surface area contributed by atoms with Gasteiger partial charge in [0.2, 0.25) is 0 Å². The largest absolute Gasteiger partial charge is 0.416 e. The summed E-state index contributed by atoms with van der Waals surface area (Å²) in [7, 11) is -1.82. The summed E-state index contributed by atoms with van der Waals surface area (Å²) < 4.78 is 6.73. The van der Waals surface area contributed by atoms with E-state index in [-0.39, 0.29) is 0 Å². The lowest BCUT2D eigenvalue weighted by molar-refractivity contribution is 0.220. The third kappa shape index (κ3) is 9.68. The van der Waals surface area contributed by atoms with Gasteiger partial charge in [-0.3, -0.25) is 0 Å². The maximum Gasteiger partial charge on any atom is 0.200 e. The Hall–Kier alpha value is -1.42. The van der Waals surface area contributed by atoms with Crippen molar-refractivity contribution in [3.05, 3.63) is 70.8 Å². The average Bonchev–Trinajstić information content (AvgIpc) is 2.88. The Morgan fingerprint density at radius 1 is 0.595 bits per heavy atom. The molecule has 2 nitrogen and oxygen atoms in total. The number of rotatable bonds is 18. The molecule has 0 saturated carbocycles. The molecule has 2 rings (SSSR count). The summed E-state index contributed by atoms with van der Waals surface area (Å²) in [6.45, 7) is 17.1. The minimum atomic E-state index is -1.82. The molecule has 1 unspecified atom stereocenters. The lowest BCUT2D eigenvalue weighted by Crippen LogP contribution is -2.48. The molecule has 0 aliphatic heterocycles. The van der Waals surface area contributed by atoms with Crippen LogP contribution in [0, 0.1) is 0 Å². The van der Waals surface area contributed by atoms with Crippen molar-refractivity contribution in [3.63, 3.8) is 0 Å². The fraction of sp³-hybridized carbons (Fsp3) is 0.647. The lowest BCUT2D eigenvalue weighted by Gasteiger charge is -2.42. The van der Waals surface area contributed by atoms with E-state index >= 15 is 0 Å². The zero-order valence-corrected chi connectivity index (χ0v) is 26.1. The van der Waals surface area contributed by atoms with Crippen LogP contribution in [0.2, 0.25) is 16.6 Å². The molecule has 208 valence electrons. The van der Waals surface area contributed by atoms with Crippen molar-refractivity contribution in [2.75, 3.05) is 6.61 Å². The van der Waals surface area contributed by atoms with Gasteiger partial charge in [-0.25, -0.2) is 0 Å². The fourth-order valence-corrected chi connectivity index (χ4v) is 11.7. The third-order valence-electron chi connectivity index (χ3n) is 8.36. The first-order valence-corrected chi connectivity index (χ1v) is 17.4. The molecule has 0 bridgehead atoms. The molecular weight excluding hydrogens is 468 g/mol. The molecule has 0 amide bonds. The summed E-state index contributed by atoms with van der Waals surface area (Å²) in [6.07, 6.45) is 12.3. The molecule has 1 N–H and O–H groups in total. The number of benzene rings is 2. The smallest absolute Gasteiger partial charge is 0.200 e. The summed E-state index contributed by atoms with van der Waals surface area (Å²) in [5, 5.41) is 11.0. The van der Waals surface area contributed by atoms with Crippen molar-refractivity contribution in [1.29, 1.82) is 0 Å². The molecule has 37 heavy (non-hydrogen) atoms. The molecule has 0 aromatic heterocycles. The maximum atomic E-state index is 11.0. The molecule has 0 aliphatic rings. The van der Waals surface area contributed by atoms with E-state index in [1.807, 2.05) is 0 Å². The predicted octanol–water partition coefficient (Wildman–Crippen LogP) is 10.2. The zero-order chi connectivity index (χ0) is 27.3. The molecule has 2 aromatic rings. The summed E-state index contributed by atoms with van der Waals surface area (Å²) in [5.41, 5.74) is 6.40. The number of hydrogen-bond acceptors (Lipinski definition) is 2. The van der Waals surface area contributed by atoms with Gasteiger partial charge >= 0.3 is 0 Å². The second-order valence-electron chi connectivity index (χ2n) is 12.0. The second-order valence-corrected chi connectivity index (χ2v) is 17.5. The van der Waals surface area contributed by atoms with E-state index in [1.165, 1.54) is 62.5 Å². The minimum Gasteiger partial charge on any atom is -0.416 e. The first-order valence-electron chi connectivity index (χ1n) is 15.2. The summed E-state index contributed by atoms with van der Waals surface area (Å²) in [4.78, 5) is 0. The van der Waals surface area contributed by atoms with Crippen LogP contribution in [0.3, 0.4) is 0 Å². The van der Waals surface area contributed by atoms with Gasteiger partial charge in [0, 0.05) is 6.61 Å². The Bertz CT molecular complexity index is 833. The molecule has 0 spiro atoms. The topological polar surface area (TPSA) is 29.5 Å². The molecular formula is C34H56O2Si. The van der Waals surface area contributed by atoms with E-state index < -0.39 is 14.4 Å². The van der Waals surface area contributed by atoms with Gasteiger partial charge in [0.1, 0.15) is 6.10 Å². The number of unbranched alkanes of at least 4 members (excludes halogenated alkanes) is 7. The second kappa shape index (κ2) is 16.5. The molecule has 2 aromatic carbocycles. The van der Waals surface area contributed by atoms with E-state index in [0.717, 1.165) is 30.6 Å². The van der Waals surface area contributed by atoms with E-state index in [1.54, 1.807) is 0 Å². The van der Waals surface area contributed by atoms with Crippen molar-refractivity contribution < 1.29 is 9.53 Å². The van der Waals surface area contributed by atoms with E-state index in [2.05, 4.69) is 97.0 Å². The van der Waals surface area contributed by atoms with Crippen molar-refractivity contribution in [3.8, 4) is 0 Å². The third-order valence-corrected chi connectivity index (χ3v) is 14.5. The Labute approximate surface area is 230 Å². The summed E-state index contributed by atoms with van der Waals surface area (Å²) >= 11 is 0. The van der Waals surface area contributed by atoms with Crippen LogP contribution in [-0.2, 0) is 17.3 Å². The van der Waals surface area contributed by atoms with Gasteiger partial charge in [0.15, 0.2) is 8.32 Å². The number of hydrogen-bond donors (Lipinski definition) is 1. The molecule has 1 atom stereocenters. The van der Waals surface area contributed by atoms with Crippen LogP contribution in [0.25, 0.3) is 0 Å². The van der Waals surface area contributed by atoms with E-state index in [4.69, 9.17) is 4.43 Å². The lowest BCUT2D eigenvalue weighted by atomic mass is 9.97. The Morgan fingerprint density at radius 2 is 1.00 bits per heavy atom. The molecule has 0 radical (unpaired) electrons. The Kier molecular flexibility index (Phi) is 14.2. The Morgan fingerprint density at radius 3 is 1.43 bits per heavy atom. The van der Waals surface area contributed by atoms with Crippen LogP contribution < -0.4 is 0 Å². The van der Waals surface area contributed by atoms with Gasteiger partial charge in [0.05, 0.1) is 0 Å². The maximum absolute atomic E-state index is 11.0. The highest BCUT2D eigenvalue weighted by molar-refractivity contribution is 6.77. The van der Waals surface area contributed by atoms with Gasteiger partial charge in [-0.2, -0.15) is 0 Å². The molecule has 3 heteroatoms. The number of aryl methyl sites for hydroxylation is 1. The highest BCUT2D eigenvalue weighted by Gasteiger charge is 2.44. The van der Waals surface area contributed by atoms with Gasteiger partial charge in [-0.15, -0.1) is 0 Å². The van der Waals surface area contributed by atoms with Crippen LogP contribution in [0.5, 0.6) is 0 Å². The van der Waals surface area contributed by atoms with Gasteiger partial charge < -0.3 is 9.53 Å². The van der Waals surface area contributed by atoms with Gasteiger partial charge in [-0.1, -0.05) is 142 Å². The van der Waals surface area contributed by atoms with E-state index in [0.29, 0.717) is 16.6 Å². The fourth-order valence-electron chi connectivity index (χ4n) is 6.23. The average molecular weight is 525 g/mol. The monoisotopic (exact) mass is 524 g/mol. The highest BCUT2D eigenvalue weighted by Crippen LogP contribution is 2.42. The molecule has 0 saturated heterocycles. The van der Waals surface area contributed by atoms with Crippen molar-refractivity contribution in [1.82, 2.24) is 0 Å². The minimum absolute atomic E-state index is 0.578. The quantitative estimate of drug-likeness (QED) is 0.155. The molecule has 0 fully saturated rings. The first-order chi connectivity index (χ1) is 17.7. The number of aliphatic hydroxyl groups excluding tert-OH is 1. The van der Waals surface area contributed by atoms with Crippen LogP contribution in [0.1, 0.15) is 128 Å². The standard InChI is InChI=1S/C34H56O2Si/c1-8-9-10-11-12-13-14-15-16-30-17-21-32(22-18-30)34(35)33-23-19-31(20-24-33)25-26-36-37(27(2)3,28(4)5)29(6)7/h17-24,27-29,34-35H,8-16,25-26H2,1-7H3. The normalized spacial score (nSPS) is 13.2. The highest BCUT2D eigenvalue weighted by atomic mass is 28.4. The SMILES string of the molecule is CCCCCCCCCCc1ccc(C(O)c2ccc(CCO[Si](C(C)C)(C(C)C)C(C)C)cc2)cc1. The van der Waals surface area contributed by atoms with Crippen molar-refractivity contribution in [2.45, 2.75) is 135 Å². The number of aliphatic hydroxyl groups is 1.